The number of carbonyl (C=O) groups excluding carboxylic acids is 1. The Hall–Kier alpha value is -2.75. The van der Waals surface area contributed by atoms with Gasteiger partial charge < -0.3 is 20.0 Å². The van der Waals surface area contributed by atoms with Crippen molar-refractivity contribution < 1.29 is 32.3 Å². The number of ether oxygens (including phenoxy) is 2. The molecule has 2 aromatic carbocycles. The zero-order chi connectivity index (χ0) is 20.0. The number of halogens is 4. The van der Waals surface area contributed by atoms with Gasteiger partial charge in [0.1, 0.15) is 11.5 Å². The van der Waals surface area contributed by atoms with Gasteiger partial charge in [-0.15, -0.1) is 13.2 Å². The van der Waals surface area contributed by atoms with Crippen molar-refractivity contribution in [2.24, 2.45) is 10.9 Å². The summed E-state index contributed by atoms with van der Waals surface area (Å²) in [7, 11) is 0. The Morgan fingerprint density at radius 1 is 1.15 bits per heavy atom. The molecule has 6 nitrogen and oxygen atoms in total. The summed E-state index contributed by atoms with van der Waals surface area (Å²) in [5.41, 5.74) is 6.81. The molecule has 0 saturated heterocycles. The summed E-state index contributed by atoms with van der Waals surface area (Å²) in [5, 5.41) is 3.44. The molecular formula is C17H14BrF3N2O4. The standard InChI is InChI=1S/C17H14BrF3N2O4/c1-10-8-13(6-7-14(10)18)25-9-15(24)27-23-16(22)11-2-4-12(5-3-11)26-17(19,20)21/h2-8H,9H2,1H3,(H2,22,23). The summed E-state index contributed by atoms with van der Waals surface area (Å²) >= 11 is 3.35. The molecule has 0 amide bonds. The third-order valence-corrected chi connectivity index (χ3v) is 4.01. The van der Waals surface area contributed by atoms with Crippen molar-refractivity contribution in [3.8, 4) is 11.5 Å². The molecule has 0 bridgehead atoms. The molecule has 0 saturated carbocycles. The summed E-state index contributed by atoms with van der Waals surface area (Å²) in [5.74, 6) is -0.920. The second kappa shape index (κ2) is 8.76. The molecule has 0 aromatic heterocycles. The van der Waals surface area contributed by atoms with E-state index in [0.29, 0.717) is 5.75 Å². The normalized spacial score (nSPS) is 11.8. The van der Waals surface area contributed by atoms with Crippen LogP contribution in [-0.2, 0) is 9.63 Å². The van der Waals surface area contributed by atoms with E-state index in [1.165, 1.54) is 12.1 Å². The number of benzene rings is 2. The van der Waals surface area contributed by atoms with Gasteiger partial charge in [-0.1, -0.05) is 21.1 Å². The van der Waals surface area contributed by atoms with E-state index in [2.05, 4.69) is 30.7 Å². The number of nitrogens with two attached hydrogens (primary N) is 1. The Morgan fingerprint density at radius 3 is 2.37 bits per heavy atom. The Balaban J connectivity index is 1.88. The monoisotopic (exact) mass is 446 g/mol. The maximum atomic E-state index is 12.1. The SMILES string of the molecule is Cc1cc(OCC(=O)O/N=C(\N)c2ccc(OC(F)(F)F)cc2)ccc1Br. The molecule has 2 N–H and O–H groups in total. The second-order valence-corrected chi connectivity index (χ2v) is 6.07. The number of hydrogen-bond donors (Lipinski definition) is 1. The van der Waals surface area contributed by atoms with Crippen LogP contribution in [0.1, 0.15) is 11.1 Å². The van der Waals surface area contributed by atoms with Crippen molar-refractivity contribution >= 4 is 27.7 Å². The molecule has 0 atom stereocenters. The first-order chi connectivity index (χ1) is 12.6. The minimum absolute atomic E-state index is 0.193. The predicted octanol–water partition coefficient (Wildman–Crippen LogP) is 3.90. The van der Waals surface area contributed by atoms with Gasteiger partial charge in [0.15, 0.2) is 12.4 Å². The number of alkyl halides is 3. The van der Waals surface area contributed by atoms with Gasteiger partial charge in [-0.25, -0.2) is 4.79 Å². The van der Waals surface area contributed by atoms with Crippen molar-refractivity contribution in [2.75, 3.05) is 6.61 Å². The zero-order valence-corrected chi connectivity index (χ0v) is 15.5. The molecule has 2 aromatic rings. The Bertz CT molecular complexity index is 839. The average Bonchev–Trinajstić information content (AvgIpc) is 2.60. The molecule has 0 heterocycles. The van der Waals surface area contributed by atoms with E-state index in [1.54, 1.807) is 18.2 Å². The first-order valence-corrected chi connectivity index (χ1v) is 8.22. The molecule has 0 unspecified atom stereocenters. The number of aryl methyl sites for hydroxylation is 1. The predicted molar refractivity (Wildman–Crippen MR) is 94.3 cm³/mol. The first-order valence-electron chi connectivity index (χ1n) is 7.42. The number of carbonyl (C=O) groups is 1. The summed E-state index contributed by atoms with van der Waals surface area (Å²) in [6, 6.07) is 9.80. The van der Waals surface area contributed by atoms with E-state index in [4.69, 9.17) is 10.5 Å². The minimum Gasteiger partial charge on any atom is -0.482 e. The summed E-state index contributed by atoms with van der Waals surface area (Å²) < 4.78 is 46.2. The lowest BCUT2D eigenvalue weighted by molar-refractivity contribution is -0.274. The Morgan fingerprint density at radius 2 is 1.78 bits per heavy atom. The van der Waals surface area contributed by atoms with Gasteiger partial charge in [-0.2, -0.15) is 0 Å². The van der Waals surface area contributed by atoms with Crippen LogP contribution in [0.15, 0.2) is 52.1 Å². The van der Waals surface area contributed by atoms with Crippen LogP contribution < -0.4 is 15.2 Å². The van der Waals surface area contributed by atoms with E-state index in [-0.39, 0.29) is 11.4 Å². The number of nitrogens with zero attached hydrogens (tertiary/aromatic N) is 1. The largest absolute Gasteiger partial charge is 0.573 e. The average molecular weight is 447 g/mol. The van der Waals surface area contributed by atoms with E-state index >= 15 is 0 Å². The lowest BCUT2D eigenvalue weighted by Gasteiger charge is -2.09. The maximum Gasteiger partial charge on any atom is 0.573 e. The fourth-order valence-electron chi connectivity index (χ4n) is 1.86. The topological polar surface area (TPSA) is 83.1 Å². The van der Waals surface area contributed by atoms with E-state index in [1.807, 2.05) is 6.92 Å². The van der Waals surface area contributed by atoms with Gasteiger partial charge in [0.25, 0.3) is 0 Å². The van der Waals surface area contributed by atoms with Gasteiger partial charge in [0, 0.05) is 10.0 Å². The highest BCUT2D eigenvalue weighted by Crippen LogP contribution is 2.23. The molecule has 0 aliphatic heterocycles. The van der Waals surface area contributed by atoms with Crippen molar-refractivity contribution in [3.05, 3.63) is 58.1 Å². The molecule has 0 radical (unpaired) electrons. The highest BCUT2D eigenvalue weighted by molar-refractivity contribution is 9.10. The van der Waals surface area contributed by atoms with E-state index in [9.17, 15) is 18.0 Å². The Labute approximate surface area is 160 Å². The Kier molecular flexibility index (Phi) is 6.67. The first kappa shape index (κ1) is 20.6. The number of oxime groups is 1. The van der Waals surface area contributed by atoms with E-state index in [0.717, 1.165) is 22.2 Å². The van der Waals surface area contributed by atoms with Gasteiger partial charge >= 0.3 is 12.3 Å². The molecule has 2 rings (SSSR count). The van der Waals surface area contributed by atoms with Crippen LogP contribution in [0.5, 0.6) is 11.5 Å². The number of rotatable bonds is 6. The second-order valence-electron chi connectivity index (χ2n) is 5.21. The van der Waals surface area contributed by atoms with Crippen molar-refractivity contribution in [3.63, 3.8) is 0 Å². The van der Waals surface area contributed by atoms with Crippen LogP contribution in [0.3, 0.4) is 0 Å². The van der Waals surface area contributed by atoms with Gasteiger partial charge in [-0.3, -0.25) is 0 Å². The van der Waals surface area contributed by atoms with Gasteiger partial charge in [0.2, 0.25) is 0 Å². The van der Waals surface area contributed by atoms with Crippen molar-refractivity contribution in [1.29, 1.82) is 0 Å². The quantitative estimate of drug-likeness (QED) is 0.315. The van der Waals surface area contributed by atoms with Gasteiger partial charge in [0.05, 0.1) is 0 Å². The van der Waals surface area contributed by atoms with E-state index < -0.39 is 24.7 Å². The van der Waals surface area contributed by atoms with Crippen molar-refractivity contribution in [1.82, 2.24) is 0 Å². The van der Waals surface area contributed by atoms with Crippen LogP contribution in [0, 0.1) is 6.92 Å². The van der Waals surface area contributed by atoms with Crippen LogP contribution >= 0.6 is 15.9 Å². The molecule has 0 spiro atoms. The third-order valence-electron chi connectivity index (χ3n) is 3.12. The smallest absolute Gasteiger partial charge is 0.482 e. The fraction of sp³-hybridized carbons (Fsp3) is 0.176. The molecule has 144 valence electrons. The zero-order valence-electron chi connectivity index (χ0n) is 13.9. The molecule has 0 aliphatic rings. The highest BCUT2D eigenvalue weighted by atomic mass is 79.9. The fourth-order valence-corrected chi connectivity index (χ4v) is 2.10. The van der Waals surface area contributed by atoms with Crippen LogP contribution in [0.2, 0.25) is 0 Å². The lowest BCUT2D eigenvalue weighted by atomic mass is 10.2. The molecule has 0 aliphatic carbocycles. The highest BCUT2D eigenvalue weighted by Gasteiger charge is 2.30. The summed E-state index contributed by atoms with van der Waals surface area (Å²) in [6.07, 6.45) is -4.79. The minimum atomic E-state index is -4.79. The van der Waals surface area contributed by atoms with Crippen LogP contribution in [0.25, 0.3) is 0 Å². The molecule has 0 fully saturated rings. The third kappa shape index (κ3) is 6.81. The van der Waals surface area contributed by atoms with Crippen LogP contribution in [0.4, 0.5) is 13.2 Å². The molecule has 10 heteroatoms. The molecule has 27 heavy (non-hydrogen) atoms. The van der Waals surface area contributed by atoms with Crippen LogP contribution in [-0.4, -0.2) is 24.8 Å². The molecular weight excluding hydrogens is 433 g/mol. The lowest BCUT2D eigenvalue weighted by Crippen LogP contribution is -2.19. The number of hydrogen-bond acceptors (Lipinski definition) is 5. The van der Waals surface area contributed by atoms with Crippen molar-refractivity contribution in [2.45, 2.75) is 13.3 Å². The maximum absolute atomic E-state index is 12.1. The summed E-state index contributed by atoms with van der Waals surface area (Å²) in [4.78, 5) is 16.3. The van der Waals surface area contributed by atoms with Gasteiger partial charge in [-0.05, 0) is 55.0 Å². The number of amidine groups is 1. The summed E-state index contributed by atoms with van der Waals surface area (Å²) in [6.45, 7) is 1.47.